The largest absolute Gasteiger partial charge is 0.468 e. The first-order valence-corrected chi connectivity index (χ1v) is 7.15. The summed E-state index contributed by atoms with van der Waals surface area (Å²) in [5, 5.41) is 3.56. The number of carbonyl (C=O) groups excluding carboxylic acids is 1. The van der Waals surface area contributed by atoms with Crippen LogP contribution in [0.4, 0.5) is 0 Å². The highest BCUT2D eigenvalue weighted by molar-refractivity contribution is 5.76. The molecule has 0 spiro atoms. The molecule has 1 unspecified atom stereocenters. The maximum absolute atomic E-state index is 11.9. The molecular formula is C14H25NO2. The Bertz CT molecular complexity index is 243. The Morgan fingerprint density at radius 3 is 2.24 bits per heavy atom. The molecule has 17 heavy (non-hydrogen) atoms. The van der Waals surface area contributed by atoms with Gasteiger partial charge in [-0.1, -0.05) is 32.1 Å². The lowest BCUT2D eigenvalue weighted by Gasteiger charge is -2.31. The number of nitrogens with one attached hydrogen (secondary N) is 1. The number of ether oxygens (including phenoxy) is 1. The maximum atomic E-state index is 11.9. The molecule has 3 nitrogen and oxygen atoms in total. The lowest BCUT2D eigenvalue weighted by atomic mass is 9.83. The van der Waals surface area contributed by atoms with Crippen LogP contribution in [0, 0.1) is 5.92 Å². The Hall–Kier alpha value is -0.570. The molecule has 3 heteroatoms. The first-order chi connectivity index (χ1) is 8.31. The van der Waals surface area contributed by atoms with Crippen molar-refractivity contribution in [2.75, 3.05) is 7.11 Å². The van der Waals surface area contributed by atoms with Crippen LogP contribution in [0.5, 0.6) is 0 Å². The van der Waals surface area contributed by atoms with Gasteiger partial charge in [0.15, 0.2) is 0 Å². The van der Waals surface area contributed by atoms with Gasteiger partial charge in [0.25, 0.3) is 0 Å². The fraction of sp³-hybridized carbons (Fsp3) is 0.929. The summed E-state index contributed by atoms with van der Waals surface area (Å²) in [6.07, 6.45) is 11.3. The van der Waals surface area contributed by atoms with E-state index in [0.717, 1.165) is 0 Å². The molecule has 0 aromatic carbocycles. The Labute approximate surface area is 104 Å². The molecule has 2 rings (SSSR count). The minimum atomic E-state index is -0.0524. The van der Waals surface area contributed by atoms with Crippen molar-refractivity contribution in [3.63, 3.8) is 0 Å². The minimum Gasteiger partial charge on any atom is -0.468 e. The molecule has 0 aromatic heterocycles. The molecule has 1 N–H and O–H groups in total. The van der Waals surface area contributed by atoms with E-state index in [1.165, 1.54) is 64.9 Å². The summed E-state index contributed by atoms with van der Waals surface area (Å²) in [7, 11) is 1.51. The van der Waals surface area contributed by atoms with Crippen molar-refractivity contribution in [3.8, 4) is 0 Å². The predicted molar refractivity (Wildman–Crippen MR) is 67.8 cm³/mol. The van der Waals surface area contributed by atoms with E-state index in [0.29, 0.717) is 12.0 Å². The van der Waals surface area contributed by atoms with Crippen LogP contribution in [0.25, 0.3) is 0 Å². The van der Waals surface area contributed by atoms with Gasteiger partial charge in [-0.2, -0.15) is 0 Å². The second kappa shape index (κ2) is 6.39. The first kappa shape index (κ1) is 12.9. The van der Waals surface area contributed by atoms with E-state index in [-0.39, 0.29) is 12.0 Å². The highest BCUT2D eigenvalue weighted by Crippen LogP contribution is 2.28. The van der Waals surface area contributed by atoms with Gasteiger partial charge in [-0.3, -0.25) is 4.79 Å². The predicted octanol–water partition coefficient (Wildman–Crippen LogP) is 2.64. The van der Waals surface area contributed by atoms with Gasteiger partial charge in [-0.15, -0.1) is 0 Å². The number of methoxy groups -OCH3 is 1. The molecule has 1 atom stereocenters. The minimum absolute atomic E-state index is 0.0520. The molecule has 0 heterocycles. The smallest absolute Gasteiger partial charge is 0.323 e. The van der Waals surface area contributed by atoms with Gasteiger partial charge in [0.05, 0.1) is 7.11 Å². The van der Waals surface area contributed by atoms with E-state index in [2.05, 4.69) is 5.32 Å². The third-order valence-corrected chi connectivity index (χ3v) is 4.35. The van der Waals surface area contributed by atoms with Crippen molar-refractivity contribution in [2.24, 2.45) is 5.92 Å². The van der Waals surface area contributed by atoms with Crippen molar-refractivity contribution < 1.29 is 9.53 Å². The normalized spacial score (nSPS) is 24.8. The Balaban J connectivity index is 1.93. The SMILES string of the molecule is COC(=O)C(NC1CCCC1)C1CCCCC1. The molecule has 0 radical (unpaired) electrons. The molecule has 2 saturated carbocycles. The van der Waals surface area contributed by atoms with Gasteiger partial charge in [0.2, 0.25) is 0 Å². The van der Waals surface area contributed by atoms with Crippen LogP contribution < -0.4 is 5.32 Å². The second-order valence-corrected chi connectivity index (χ2v) is 5.55. The zero-order chi connectivity index (χ0) is 12.1. The standard InChI is InChI=1S/C14H25NO2/c1-17-14(16)13(11-7-3-2-4-8-11)15-12-9-5-6-10-12/h11-13,15H,2-10H2,1H3. The molecule has 2 aliphatic carbocycles. The number of esters is 1. The molecule has 0 aliphatic heterocycles. The zero-order valence-electron chi connectivity index (χ0n) is 10.9. The molecule has 0 amide bonds. The maximum Gasteiger partial charge on any atom is 0.323 e. The summed E-state index contributed by atoms with van der Waals surface area (Å²) >= 11 is 0. The van der Waals surface area contributed by atoms with E-state index < -0.39 is 0 Å². The summed E-state index contributed by atoms with van der Waals surface area (Å²) in [4.78, 5) is 11.9. The van der Waals surface area contributed by atoms with Crippen molar-refractivity contribution in [1.29, 1.82) is 0 Å². The number of hydrogen-bond donors (Lipinski definition) is 1. The third kappa shape index (κ3) is 3.44. The lowest BCUT2D eigenvalue weighted by molar-refractivity contribution is -0.145. The fourth-order valence-corrected chi connectivity index (χ4v) is 3.34. The van der Waals surface area contributed by atoms with Gasteiger partial charge >= 0.3 is 5.97 Å². The topological polar surface area (TPSA) is 38.3 Å². The van der Waals surface area contributed by atoms with Gasteiger partial charge in [-0.25, -0.2) is 0 Å². The molecule has 2 aliphatic rings. The molecule has 0 saturated heterocycles. The zero-order valence-corrected chi connectivity index (χ0v) is 10.9. The summed E-state index contributed by atoms with van der Waals surface area (Å²) < 4.78 is 4.97. The van der Waals surface area contributed by atoms with E-state index >= 15 is 0 Å². The molecule has 2 fully saturated rings. The molecule has 0 aromatic rings. The van der Waals surface area contributed by atoms with Crippen LogP contribution >= 0.6 is 0 Å². The third-order valence-electron chi connectivity index (χ3n) is 4.35. The second-order valence-electron chi connectivity index (χ2n) is 5.55. The first-order valence-electron chi connectivity index (χ1n) is 7.15. The van der Waals surface area contributed by atoms with Gasteiger partial charge in [-0.05, 0) is 31.6 Å². The Morgan fingerprint density at radius 1 is 1.06 bits per heavy atom. The average Bonchev–Trinajstić information content (AvgIpc) is 2.89. The number of rotatable bonds is 4. The van der Waals surface area contributed by atoms with E-state index in [9.17, 15) is 4.79 Å². The summed E-state index contributed by atoms with van der Waals surface area (Å²) in [6.45, 7) is 0. The van der Waals surface area contributed by atoms with Gasteiger partial charge < -0.3 is 10.1 Å². The molecule has 98 valence electrons. The van der Waals surface area contributed by atoms with Crippen molar-refractivity contribution in [3.05, 3.63) is 0 Å². The Kier molecular flexibility index (Phi) is 4.84. The van der Waals surface area contributed by atoms with Crippen LogP contribution in [0.1, 0.15) is 57.8 Å². The van der Waals surface area contributed by atoms with Gasteiger partial charge in [0.1, 0.15) is 6.04 Å². The van der Waals surface area contributed by atoms with Crippen LogP contribution in [-0.2, 0) is 9.53 Å². The Morgan fingerprint density at radius 2 is 1.65 bits per heavy atom. The van der Waals surface area contributed by atoms with Crippen molar-refractivity contribution in [1.82, 2.24) is 5.32 Å². The highest BCUT2D eigenvalue weighted by Gasteiger charge is 2.32. The monoisotopic (exact) mass is 239 g/mol. The quantitative estimate of drug-likeness (QED) is 0.766. The lowest BCUT2D eigenvalue weighted by Crippen LogP contribution is -2.48. The number of carbonyl (C=O) groups is 1. The number of hydrogen-bond acceptors (Lipinski definition) is 3. The summed E-state index contributed by atoms with van der Waals surface area (Å²) in [5.41, 5.74) is 0. The summed E-state index contributed by atoms with van der Waals surface area (Å²) in [5.74, 6) is 0.445. The van der Waals surface area contributed by atoms with Crippen LogP contribution in [-0.4, -0.2) is 25.2 Å². The highest BCUT2D eigenvalue weighted by atomic mass is 16.5. The van der Waals surface area contributed by atoms with E-state index in [1.807, 2.05) is 0 Å². The van der Waals surface area contributed by atoms with E-state index in [4.69, 9.17) is 4.74 Å². The van der Waals surface area contributed by atoms with Crippen LogP contribution in [0.3, 0.4) is 0 Å². The molecular weight excluding hydrogens is 214 g/mol. The van der Waals surface area contributed by atoms with Crippen molar-refractivity contribution >= 4 is 5.97 Å². The fourth-order valence-electron chi connectivity index (χ4n) is 3.34. The van der Waals surface area contributed by atoms with Crippen LogP contribution in [0.15, 0.2) is 0 Å². The van der Waals surface area contributed by atoms with E-state index in [1.54, 1.807) is 0 Å². The van der Waals surface area contributed by atoms with Crippen LogP contribution in [0.2, 0.25) is 0 Å². The van der Waals surface area contributed by atoms with Gasteiger partial charge in [0, 0.05) is 6.04 Å². The molecule has 0 bridgehead atoms. The summed E-state index contributed by atoms with van der Waals surface area (Å²) in [6, 6.07) is 0.490. The van der Waals surface area contributed by atoms with Crippen molar-refractivity contribution in [2.45, 2.75) is 69.9 Å². The average molecular weight is 239 g/mol.